The highest BCUT2D eigenvalue weighted by molar-refractivity contribution is 7.99. The Hall–Kier alpha value is -1.60. The fourth-order valence-electron chi connectivity index (χ4n) is 1.61. The molecule has 17 heavy (non-hydrogen) atoms. The van der Waals surface area contributed by atoms with Gasteiger partial charge in [-0.05, 0) is 5.56 Å². The molecule has 1 aromatic carbocycles. The molecular weight excluding hydrogens is 244 g/mol. The van der Waals surface area contributed by atoms with Crippen molar-refractivity contribution in [1.29, 1.82) is 0 Å². The molecule has 1 unspecified atom stereocenters. The average Bonchev–Trinajstić information content (AvgIpc) is 2.78. The third-order valence-corrected chi connectivity index (χ3v) is 3.73. The molecule has 7 heteroatoms. The smallest absolute Gasteiger partial charge is 0.321 e. The van der Waals surface area contributed by atoms with Gasteiger partial charge in [0, 0.05) is 17.9 Å². The second-order valence-corrected chi connectivity index (χ2v) is 4.76. The topological polar surface area (TPSA) is 92.5 Å². The van der Waals surface area contributed by atoms with Crippen LogP contribution >= 0.6 is 11.8 Å². The maximum atomic E-state index is 10.8. The zero-order valence-corrected chi connectivity index (χ0v) is 9.52. The van der Waals surface area contributed by atoms with E-state index in [1.807, 2.05) is 0 Å². The maximum absolute atomic E-state index is 10.8. The summed E-state index contributed by atoms with van der Waals surface area (Å²) in [6, 6.07) is 5.64. The van der Waals surface area contributed by atoms with Gasteiger partial charge in [0.25, 0.3) is 5.69 Å². The van der Waals surface area contributed by atoms with E-state index in [9.17, 15) is 14.9 Å². The summed E-state index contributed by atoms with van der Waals surface area (Å²) in [6.07, 6.45) is 0. The van der Waals surface area contributed by atoms with Gasteiger partial charge in [0.2, 0.25) is 0 Å². The monoisotopic (exact) mass is 254 g/mol. The summed E-state index contributed by atoms with van der Waals surface area (Å²) in [4.78, 5) is 20.9. The largest absolute Gasteiger partial charge is 0.480 e. The number of non-ortho nitro benzene ring substituents is 1. The van der Waals surface area contributed by atoms with Gasteiger partial charge in [-0.25, -0.2) is 0 Å². The standard InChI is InChI=1S/C10H10N2O4S/c13-10(14)8-5-17-9(11-8)6-2-1-3-7(4-6)12(15)16/h1-4,8-9,11H,5H2,(H,13,14)/t8-,9?/m0/s1. The number of nitro benzene ring substituents is 1. The van der Waals surface area contributed by atoms with E-state index in [-0.39, 0.29) is 11.1 Å². The van der Waals surface area contributed by atoms with E-state index in [1.165, 1.54) is 23.9 Å². The minimum Gasteiger partial charge on any atom is -0.480 e. The van der Waals surface area contributed by atoms with Crippen LogP contribution in [0.15, 0.2) is 24.3 Å². The molecule has 90 valence electrons. The van der Waals surface area contributed by atoms with Crippen LogP contribution in [0.25, 0.3) is 0 Å². The summed E-state index contributed by atoms with van der Waals surface area (Å²) in [5, 5.41) is 22.2. The van der Waals surface area contributed by atoms with E-state index >= 15 is 0 Å². The van der Waals surface area contributed by atoms with Gasteiger partial charge in [-0.2, -0.15) is 0 Å². The highest BCUT2D eigenvalue weighted by Gasteiger charge is 2.30. The number of aliphatic carboxylic acids is 1. The molecule has 0 radical (unpaired) electrons. The zero-order valence-electron chi connectivity index (χ0n) is 8.70. The van der Waals surface area contributed by atoms with Gasteiger partial charge in [0.15, 0.2) is 0 Å². The molecule has 0 spiro atoms. The first kappa shape index (κ1) is 11.9. The Balaban J connectivity index is 2.16. The van der Waals surface area contributed by atoms with Gasteiger partial charge in [-0.1, -0.05) is 12.1 Å². The SMILES string of the molecule is O=C(O)[C@@H]1CSC(c2cccc([N+](=O)[O-])c2)N1. The molecule has 1 aromatic rings. The predicted molar refractivity (Wildman–Crippen MR) is 62.9 cm³/mol. The van der Waals surface area contributed by atoms with Gasteiger partial charge < -0.3 is 5.11 Å². The molecule has 0 aliphatic carbocycles. The molecular formula is C10H10N2O4S. The number of hydrogen-bond acceptors (Lipinski definition) is 5. The van der Waals surface area contributed by atoms with Crippen LogP contribution < -0.4 is 5.32 Å². The molecule has 0 aromatic heterocycles. The van der Waals surface area contributed by atoms with Crippen molar-refractivity contribution in [2.24, 2.45) is 0 Å². The number of nitrogens with zero attached hydrogens (tertiary/aromatic N) is 1. The van der Waals surface area contributed by atoms with E-state index in [4.69, 9.17) is 5.11 Å². The lowest BCUT2D eigenvalue weighted by atomic mass is 10.2. The van der Waals surface area contributed by atoms with Crippen LogP contribution in [0.2, 0.25) is 0 Å². The lowest BCUT2D eigenvalue weighted by Gasteiger charge is -2.10. The minimum atomic E-state index is -0.898. The third-order valence-electron chi connectivity index (χ3n) is 2.46. The summed E-state index contributed by atoms with van der Waals surface area (Å²) in [7, 11) is 0. The lowest BCUT2D eigenvalue weighted by Crippen LogP contribution is -2.33. The summed E-state index contributed by atoms with van der Waals surface area (Å²) in [6.45, 7) is 0. The summed E-state index contributed by atoms with van der Waals surface area (Å²) in [5.41, 5.74) is 0.747. The maximum Gasteiger partial charge on any atom is 0.321 e. The van der Waals surface area contributed by atoms with Gasteiger partial charge >= 0.3 is 5.97 Å². The van der Waals surface area contributed by atoms with Crippen molar-refractivity contribution in [3.63, 3.8) is 0 Å². The number of benzene rings is 1. The van der Waals surface area contributed by atoms with Gasteiger partial charge in [0.1, 0.15) is 6.04 Å². The van der Waals surface area contributed by atoms with Gasteiger partial charge in [0.05, 0.1) is 10.3 Å². The van der Waals surface area contributed by atoms with E-state index in [0.29, 0.717) is 5.75 Å². The highest BCUT2D eigenvalue weighted by atomic mass is 32.2. The Labute approximate surface area is 101 Å². The Bertz CT molecular complexity index is 465. The first-order valence-electron chi connectivity index (χ1n) is 4.93. The molecule has 6 nitrogen and oxygen atoms in total. The van der Waals surface area contributed by atoms with E-state index in [0.717, 1.165) is 5.56 Å². The molecule has 2 N–H and O–H groups in total. The lowest BCUT2D eigenvalue weighted by molar-refractivity contribution is -0.384. The molecule has 0 saturated carbocycles. The first-order valence-corrected chi connectivity index (χ1v) is 5.97. The van der Waals surface area contributed by atoms with Crippen LogP contribution in [0.5, 0.6) is 0 Å². The number of nitrogens with one attached hydrogen (secondary N) is 1. The first-order chi connectivity index (χ1) is 8.08. The normalized spacial score (nSPS) is 23.5. The number of rotatable bonds is 3. The number of thioether (sulfide) groups is 1. The molecule has 2 rings (SSSR count). The van der Waals surface area contributed by atoms with Crippen molar-refractivity contribution >= 4 is 23.4 Å². The van der Waals surface area contributed by atoms with Gasteiger partial charge in [-0.3, -0.25) is 20.2 Å². The van der Waals surface area contributed by atoms with Crippen LogP contribution in [-0.2, 0) is 4.79 Å². The third kappa shape index (κ3) is 2.56. The molecule has 1 fully saturated rings. The average molecular weight is 254 g/mol. The summed E-state index contributed by atoms with van der Waals surface area (Å²) < 4.78 is 0. The summed E-state index contributed by atoms with van der Waals surface area (Å²) in [5.74, 6) is -0.437. The van der Waals surface area contributed by atoms with E-state index in [1.54, 1.807) is 12.1 Å². The quantitative estimate of drug-likeness (QED) is 0.625. The molecule has 1 heterocycles. The summed E-state index contributed by atoms with van der Waals surface area (Å²) >= 11 is 1.44. The predicted octanol–water partition coefficient (Wildman–Crippen LogP) is 1.38. The molecule has 0 amide bonds. The van der Waals surface area contributed by atoms with Crippen molar-refractivity contribution in [2.45, 2.75) is 11.4 Å². The molecule has 1 aliphatic heterocycles. The van der Waals surface area contributed by atoms with Crippen molar-refractivity contribution in [3.05, 3.63) is 39.9 Å². The second kappa shape index (κ2) is 4.72. The van der Waals surface area contributed by atoms with Crippen molar-refractivity contribution in [1.82, 2.24) is 5.32 Å². The Kier molecular flexibility index (Phi) is 3.30. The van der Waals surface area contributed by atoms with Gasteiger partial charge in [-0.15, -0.1) is 11.8 Å². The Morgan fingerprint density at radius 2 is 2.35 bits per heavy atom. The number of nitro groups is 1. The van der Waals surface area contributed by atoms with Crippen LogP contribution in [-0.4, -0.2) is 27.8 Å². The van der Waals surface area contributed by atoms with Crippen molar-refractivity contribution < 1.29 is 14.8 Å². The van der Waals surface area contributed by atoms with E-state index in [2.05, 4.69) is 5.32 Å². The number of hydrogen-bond donors (Lipinski definition) is 2. The molecule has 0 bridgehead atoms. The number of carboxylic acids is 1. The van der Waals surface area contributed by atoms with Crippen molar-refractivity contribution in [3.8, 4) is 0 Å². The second-order valence-electron chi connectivity index (χ2n) is 3.62. The molecule has 1 aliphatic rings. The van der Waals surface area contributed by atoms with Crippen molar-refractivity contribution in [2.75, 3.05) is 5.75 Å². The van der Waals surface area contributed by atoms with Crippen LogP contribution in [0, 0.1) is 10.1 Å². The fraction of sp³-hybridized carbons (Fsp3) is 0.300. The highest BCUT2D eigenvalue weighted by Crippen LogP contribution is 2.33. The minimum absolute atomic E-state index is 0.0173. The van der Waals surface area contributed by atoms with Crippen LogP contribution in [0.4, 0.5) is 5.69 Å². The number of carboxylic acid groups (broad SMARTS) is 1. The number of carbonyl (C=O) groups is 1. The van der Waals surface area contributed by atoms with Crippen LogP contribution in [0.1, 0.15) is 10.9 Å². The Morgan fingerprint density at radius 1 is 1.59 bits per heavy atom. The zero-order chi connectivity index (χ0) is 12.4. The van der Waals surface area contributed by atoms with Crippen LogP contribution in [0.3, 0.4) is 0 Å². The fourth-order valence-corrected chi connectivity index (χ4v) is 2.83. The van der Waals surface area contributed by atoms with E-state index < -0.39 is 16.9 Å². The molecule has 1 saturated heterocycles. The molecule has 2 atom stereocenters. The Morgan fingerprint density at radius 3 is 2.94 bits per heavy atom.